The lowest BCUT2D eigenvalue weighted by atomic mass is 9.72. The van der Waals surface area contributed by atoms with Gasteiger partial charge in [0.15, 0.2) is 0 Å². The lowest BCUT2D eigenvalue weighted by Gasteiger charge is -2.51. The number of rotatable bonds is 3. The molecule has 3 heteroatoms. The summed E-state index contributed by atoms with van der Waals surface area (Å²) in [7, 11) is 2.41. The van der Waals surface area contributed by atoms with Gasteiger partial charge in [-0.2, -0.15) is 0 Å². The SMILES string of the molecule is CN1CC2CCC1C(CN1CCCC3CC(C4CCC5CCN4C5)C1C3)C2. The van der Waals surface area contributed by atoms with Gasteiger partial charge in [0.1, 0.15) is 0 Å². The van der Waals surface area contributed by atoms with Crippen LogP contribution in [0.4, 0.5) is 0 Å². The average Bonchev–Trinajstić information content (AvgIpc) is 3.19. The molecule has 0 N–H and O–H groups in total. The molecule has 0 aromatic heterocycles. The van der Waals surface area contributed by atoms with Crippen LogP contribution in [0.5, 0.6) is 0 Å². The topological polar surface area (TPSA) is 9.72 Å². The maximum atomic E-state index is 3.05. The summed E-state index contributed by atoms with van der Waals surface area (Å²) in [4.78, 5) is 8.71. The van der Waals surface area contributed by atoms with E-state index in [1.54, 1.807) is 6.42 Å². The highest BCUT2D eigenvalue weighted by Gasteiger charge is 2.48. The first-order chi connectivity index (χ1) is 13.2. The number of hydrogen-bond acceptors (Lipinski definition) is 3. The fourth-order valence-electron chi connectivity index (χ4n) is 8.80. The van der Waals surface area contributed by atoms with Crippen LogP contribution in [-0.4, -0.2) is 72.6 Å². The minimum atomic E-state index is 0.892. The first-order valence-electron chi connectivity index (χ1n) is 12.4. The molecule has 5 heterocycles. The van der Waals surface area contributed by atoms with Crippen LogP contribution in [0.2, 0.25) is 0 Å². The molecular formula is C24H41N3. The predicted molar refractivity (Wildman–Crippen MR) is 111 cm³/mol. The first-order valence-corrected chi connectivity index (χ1v) is 12.4. The van der Waals surface area contributed by atoms with Gasteiger partial charge < -0.3 is 4.90 Å². The monoisotopic (exact) mass is 371 g/mol. The Kier molecular flexibility index (Phi) is 4.58. The van der Waals surface area contributed by atoms with E-state index in [0.29, 0.717) is 0 Å². The highest BCUT2D eigenvalue weighted by atomic mass is 15.2. The second-order valence-corrected chi connectivity index (χ2v) is 11.4. The second kappa shape index (κ2) is 6.99. The average molecular weight is 372 g/mol. The van der Waals surface area contributed by atoms with E-state index in [0.717, 1.165) is 47.7 Å². The molecule has 2 aliphatic carbocycles. The van der Waals surface area contributed by atoms with Gasteiger partial charge in [-0.25, -0.2) is 0 Å². The Bertz CT molecular complexity index is 550. The van der Waals surface area contributed by atoms with Crippen LogP contribution in [0, 0.1) is 29.6 Å². The van der Waals surface area contributed by atoms with Crippen molar-refractivity contribution in [3.05, 3.63) is 0 Å². The van der Waals surface area contributed by atoms with Gasteiger partial charge in [-0.05, 0) is 114 Å². The summed E-state index contributed by atoms with van der Waals surface area (Å²) in [6, 6.07) is 2.75. The normalized spacial score (nSPS) is 53.0. The van der Waals surface area contributed by atoms with E-state index >= 15 is 0 Å². The predicted octanol–water partition coefficient (Wildman–Crippen LogP) is 3.69. The smallest absolute Gasteiger partial charge is 0.0141 e. The van der Waals surface area contributed by atoms with Crippen LogP contribution >= 0.6 is 0 Å². The van der Waals surface area contributed by atoms with Gasteiger partial charge in [-0.1, -0.05) is 0 Å². The van der Waals surface area contributed by atoms with E-state index in [1.807, 2.05) is 0 Å². The highest BCUT2D eigenvalue weighted by Crippen LogP contribution is 2.47. The van der Waals surface area contributed by atoms with Gasteiger partial charge in [-0.15, -0.1) is 0 Å². The standard InChI is InChI=1S/C24H41N3/c1-25-14-19-5-6-22(25)20(11-19)16-26-9-2-3-18-12-21(24(26)13-18)23-7-4-17-8-10-27(23)15-17/h17-24H,2-16H2,1H3. The molecule has 0 amide bonds. The minimum Gasteiger partial charge on any atom is -0.303 e. The Morgan fingerprint density at radius 1 is 0.704 bits per heavy atom. The Labute approximate surface area is 166 Å². The van der Waals surface area contributed by atoms with Gasteiger partial charge in [-0.3, -0.25) is 9.80 Å². The lowest BCUT2D eigenvalue weighted by molar-refractivity contribution is -0.0116. The molecule has 7 aliphatic rings. The molecule has 27 heavy (non-hydrogen) atoms. The molecule has 152 valence electrons. The van der Waals surface area contributed by atoms with Crippen molar-refractivity contribution in [1.82, 2.24) is 14.7 Å². The quantitative estimate of drug-likeness (QED) is 0.749. The zero-order chi connectivity index (χ0) is 18.0. The Hall–Kier alpha value is -0.120. The molecule has 0 radical (unpaired) electrons. The van der Waals surface area contributed by atoms with E-state index in [1.165, 1.54) is 90.5 Å². The highest BCUT2D eigenvalue weighted by molar-refractivity contribution is 5.03. The molecule has 5 saturated heterocycles. The van der Waals surface area contributed by atoms with Crippen molar-refractivity contribution < 1.29 is 0 Å². The van der Waals surface area contributed by atoms with Gasteiger partial charge in [0, 0.05) is 37.8 Å². The third kappa shape index (κ3) is 3.11. The molecule has 9 unspecified atom stereocenters. The molecule has 9 atom stereocenters. The van der Waals surface area contributed by atoms with Crippen molar-refractivity contribution >= 4 is 0 Å². The summed E-state index contributed by atoms with van der Waals surface area (Å²) >= 11 is 0. The van der Waals surface area contributed by atoms with Gasteiger partial charge in [0.25, 0.3) is 0 Å². The van der Waals surface area contributed by atoms with Crippen LogP contribution in [0.1, 0.15) is 64.2 Å². The van der Waals surface area contributed by atoms with E-state index in [-0.39, 0.29) is 0 Å². The number of nitrogens with zero attached hydrogens (tertiary/aromatic N) is 3. The van der Waals surface area contributed by atoms with Crippen molar-refractivity contribution in [1.29, 1.82) is 0 Å². The number of fused-ring (bicyclic) bond motifs is 7. The molecule has 0 aromatic rings. The molecule has 7 fully saturated rings. The zero-order valence-electron chi connectivity index (χ0n) is 17.6. The molecule has 5 aliphatic heterocycles. The first kappa shape index (κ1) is 17.7. The van der Waals surface area contributed by atoms with E-state index in [4.69, 9.17) is 0 Å². The summed E-state index contributed by atoms with van der Waals surface area (Å²) in [5, 5.41) is 0. The maximum absolute atomic E-state index is 3.05. The number of piperidine rings is 3. The number of hydrogen-bond donors (Lipinski definition) is 0. The second-order valence-electron chi connectivity index (χ2n) is 11.4. The Morgan fingerprint density at radius 3 is 2.48 bits per heavy atom. The van der Waals surface area contributed by atoms with Gasteiger partial charge in [0.2, 0.25) is 0 Å². The summed E-state index contributed by atoms with van der Waals surface area (Å²) < 4.78 is 0. The van der Waals surface area contributed by atoms with Crippen LogP contribution in [0.15, 0.2) is 0 Å². The molecule has 0 aromatic carbocycles. The van der Waals surface area contributed by atoms with Crippen molar-refractivity contribution in [2.24, 2.45) is 29.6 Å². The van der Waals surface area contributed by atoms with E-state index in [9.17, 15) is 0 Å². The largest absolute Gasteiger partial charge is 0.303 e. The van der Waals surface area contributed by atoms with Crippen LogP contribution in [-0.2, 0) is 0 Å². The molecule has 2 saturated carbocycles. The summed E-state index contributed by atoms with van der Waals surface area (Å²) in [6.45, 7) is 7.07. The van der Waals surface area contributed by atoms with E-state index in [2.05, 4.69) is 21.7 Å². The van der Waals surface area contributed by atoms with Crippen molar-refractivity contribution in [3.8, 4) is 0 Å². The van der Waals surface area contributed by atoms with Crippen molar-refractivity contribution in [2.75, 3.05) is 39.8 Å². The molecule has 6 bridgehead atoms. The van der Waals surface area contributed by atoms with Crippen molar-refractivity contribution in [3.63, 3.8) is 0 Å². The van der Waals surface area contributed by atoms with Gasteiger partial charge in [0.05, 0.1) is 0 Å². The summed E-state index contributed by atoms with van der Waals surface area (Å²) in [6.07, 6.45) is 15.2. The van der Waals surface area contributed by atoms with Crippen molar-refractivity contribution in [2.45, 2.75) is 82.3 Å². The summed E-state index contributed by atoms with van der Waals surface area (Å²) in [5.74, 6) is 5.06. The minimum absolute atomic E-state index is 0.892. The Balaban J connectivity index is 1.19. The molecule has 3 nitrogen and oxygen atoms in total. The zero-order valence-corrected chi connectivity index (χ0v) is 17.6. The lowest BCUT2D eigenvalue weighted by Crippen LogP contribution is -2.56. The third-order valence-electron chi connectivity index (χ3n) is 9.98. The van der Waals surface area contributed by atoms with Crippen LogP contribution < -0.4 is 0 Å². The van der Waals surface area contributed by atoms with Crippen LogP contribution in [0.25, 0.3) is 0 Å². The Morgan fingerprint density at radius 2 is 1.59 bits per heavy atom. The molecule has 0 spiro atoms. The fourth-order valence-corrected chi connectivity index (χ4v) is 8.80. The summed E-state index contributed by atoms with van der Waals surface area (Å²) in [5.41, 5.74) is 0. The van der Waals surface area contributed by atoms with Crippen LogP contribution in [0.3, 0.4) is 0 Å². The molecule has 7 rings (SSSR count). The van der Waals surface area contributed by atoms with E-state index < -0.39 is 0 Å². The third-order valence-corrected chi connectivity index (χ3v) is 9.98. The van der Waals surface area contributed by atoms with Gasteiger partial charge >= 0.3 is 0 Å². The maximum Gasteiger partial charge on any atom is 0.0141 e. The molecular weight excluding hydrogens is 330 g/mol. The fraction of sp³-hybridized carbons (Fsp3) is 1.00. The number of likely N-dealkylation sites (tertiary alicyclic amines) is 1.